The SMILES string of the molecule is CCC1(CN2CC(N)C2=O)CCCC1. The molecule has 1 unspecified atom stereocenters. The van der Waals surface area contributed by atoms with Crippen molar-refractivity contribution < 1.29 is 4.79 Å². The molecule has 2 rings (SSSR count). The van der Waals surface area contributed by atoms with Crippen LogP contribution in [0.5, 0.6) is 0 Å². The zero-order valence-electron chi connectivity index (χ0n) is 8.96. The van der Waals surface area contributed by atoms with Crippen LogP contribution in [0.15, 0.2) is 0 Å². The van der Waals surface area contributed by atoms with E-state index in [1.54, 1.807) is 0 Å². The maximum Gasteiger partial charge on any atom is 0.241 e. The third kappa shape index (κ3) is 1.54. The third-order valence-corrected chi connectivity index (χ3v) is 3.99. The molecular formula is C11H20N2O. The molecule has 1 atom stereocenters. The van der Waals surface area contributed by atoms with E-state index >= 15 is 0 Å². The molecule has 1 aliphatic carbocycles. The highest BCUT2D eigenvalue weighted by atomic mass is 16.2. The fourth-order valence-electron chi connectivity index (χ4n) is 2.82. The summed E-state index contributed by atoms with van der Waals surface area (Å²) in [5.74, 6) is 0.157. The normalized spacial score (nSPS) is 30.6. The Morgan fingerprint density at radius 1 is 1.50 bits per heavy atom. The van der Waals surface area contributed by atoms with Crippen molar-refractivity contribution in [2.24, 2.45) is 11.1 Å². The Kier molecular flexibility index (Phi) is 2.52. The summed E-state index contributed by atoms with van der Waals surface area (Å²) < 4.78 is 0. The van der Waals surface area contributed by atoms with Gasteiger partial charge in [-0.05, 0) is 24.7 Å². The first-order valence-corrected chi connectivity index (χ1v) is 5.71. The number of amides is 1. The van der Waals surface area contributed by atoms with E-state index in [2.05, 4.69) is 6.92 Å². The predicted octanol–water partition coefficient (Wildman–Crippen LogP) is 1.13. The monoisotopic (exact) mass is 196 g/mol. The number of hydrogen-bond donors (Lipinski definition) is 1. The van der Waals surface area contributed by atoms with E-state index in [0.717, 1.165) is 13.1 Å². The lowest BCUT2D eigenvalue weighted by atomic mass is 9.82. The smallest absolute Gasteiger partial charge is 0.241 e. The van der Waals surface area contributed by atoms with Gasteiger partial charge in [-0.3, -0.25) is 4.79 Å². The molecule has 2 N–H and O–H groups in total. The van der Waals surface area contributed by atoms with Gasteiger partial charge in [-0.15, -0.1) is 0 Å². The second kappa shape index (κ2) is 3.54. The van der Waals surface area contributed by atoms with Crippen molar-refractivity contribution in [3.8, 4) is 0 Å². The first-order chi connectivity index (χ1) is 6.67. The van der Waals surface area contributed by atoms with E-state index in [9.17, 15) is 4.79 Å². The van der Waals surface area contributed by atoms with Gasteiger partial charge in [0.2, 0.25) is 5.91 Å². The lowest BCUT2D eigenvalue weighted by Crippen LogP contribution is -2.62. The molecule has 80 valence electrons. The molecule has 1 saturated heterocycles. The van der Waals surface area contributed by atoms with Crippen LogP contribution in [0.25, 0.3) is 0 Å². The van der Waals surface area contributed by atoms with Gasteiger partial charge in [0.25, 0.3) is 0 Å². The highest BCUT2D eigenvalue weighted by molar-refractivity contribution is 5.87. The zero-order valence-corrected chi connectivity index (χ0v) is 8.96. The van der Waals surface area contributed by atoms with Gasteiger partial charge in [-0.1, -0.05) is 19.8 Å². The minimum Gasteiger partial charge on any atom is -0.339 e. The number of β-lactam (4-membered cyclic amide) rings is 1. The highest BCUT2D eigenvalue weighted by Gasteiger charge is 2.40. The summed E-state index contributed by atoms with van der Waals surface area (Å²) in [6.45, 7) is 3.98. The van der Waals surface area contributed by atoms with Crippen molar-refractivity contribution in [1.82, 2.24) is 4.90 Å². The molecule has 0 aromatic carbocycles. The van der Waals surface area contributed by atoms with Crippen LogP contribution < -0.4 is 5.73 Å². The van der Waals surface area contributed by atoms with E-state index < -0.39 is 0 Å². The van der Waals surface area contributed by atoms with Gasteiger partial charge < -0.3 is 10.6 Å². The number of likely N-dealkylation sites (tertiary alicyclic amines) is 1. The molecule has 0 spiro atoms. The molecule has 0 aromatic heterocycles. The lowest BCUT2D eigenvalue weighted by molar-refractivity contribution is -0.144. The number of nitrogens with two attached hydrogens (primary N) is 1. The topological polar surface area (TPSA) is 46.3 Å². The van der Waals surface area contributed by atoms with Gasteiger partial charge in [-0.25, -0.2) is 0 Å². The van der Waals surface area contributed by atoms with Crippen molar-refractivity contribution in [3.63, 3.8) is 0 Å². The molecule has 1 heterocycles. The molecule has 0 radical (unpaired) electrons. The minimum atomic E-state index is -0.203. The maximum atomic E-state index is 11.4. The van der Waals surface area contributed by atoms with Crippen LogP contribution in [0, 0.1) is 5.41 Å². The summed E-state index contributed by atoms with van der Waals surface area (Å²) in [6, 6.07) is -0.203. The molecule has 2 fully saturated rings. The second-order valence-corrected chi connectivity index (χ2v) is 4.89. The molecule has 0 bridgehead atoms. The third-order valence-electron chi connectivity index (χ3n) is 3.99. The van der Waals surface area contributed by atoms with Crippen molar-refractivity contribution in [2.45, 2.75) is 45.1 Å². The van der Waals surface area contributed by atoms with Gasteiger partial charge in [-0.2, -0.15) is 0 Å². The zero-order chi connectivity index (χ0) is 10.2. The van der Waals surface area contributed by atoms with Crippen molar-refractivity contribution in [3.05, 3.63) is 0 Å². The number of carbonyl (C=O) groups excluding carboxylic acids is 1. The average molecular weight is 196 g/mol. The Morgan fingerprint density at radius 3 is 2.57 bits per heavy atom. The summed E-state index contributed by atoms with van der Waals surface area (Å²) in [6.07, 6.45) is 6.46. The fourth-order valence-corrected chi connectivity index (χ4v) is 2.82. The number of rotatable bonds is 3. The number of nitrogens with zero attached hydrogens (tertiary/aromatic N) is 1. The highest BCUT2D eigenvalue weighted by Crippen LogP contribution is 2.42. The molecule has 14 heavy (non-hydrogen) atoms. The summed E-state index contributed by atoms with van der Waals surface area (Å²) in [5, 5.41) is 0. The summed E-state index contributed by atoms with van der Waals surface area (Å²) in [5.41, 5.74) is 6.01. The first kappa shape index (κ1) is 9.97. The maximum absolute atomic E-state index is 11.4. The van der Waals surface area contributed by atoms with Crippen LogP contribution in [-0.4, -0.2) is 29.9 Å². The van der Waals surface area contributed by atoms with E-state index in [0.29, 0.717) is 5.41 Å². The average Bonchev–Trinajstić information content (AvgIpc) is 2.66. The van der Waals surface area contributed by atoms with Crippen molar-refractivity contribution >= 4 is 5.91 Å². The van der Waals surface area contributed by atoms with Crippen LogP contribution in [0.2, 0.25) is 0 Å². The summed E-state index contributed by atoms with van der Waals surface area (Å²) in [4.78, 5) is 13.4. The quantitative estimate of drug-likeness (QED) is 0.688. The molecule has 3 heteroatoms. The van der Waals surface area contributed by atoms with Gasteiger partial charge >= 0.3 is 0 Å². The van der Waals surface area contributed by atoms with Gasteiger partial charge in [0, 0.05) is 13.1 Å². The van der Waals surface area contributed by atoms with E-state index in [1.807, 2.05) is 4.90 Å². The fraction of sp³-hybridized carbons (Fsp3) is 0.909. The van der Waals surface area contributed by atoms with Crippen LogP contribution in [-0.2, 0) is 4.79 Å². The molecule has 2 aliphatic rings. The van der Waals surface area contributed by atoms with E-state index in [4.69, 9.17) is 5.73 Å². The van der Waals surface area contributed by atoms with Crippen LogP contribution >= 0.6 is 0 Å². The lowest BCUT2D eigenvalue weighted by Gasteiger charge is -2.42. The Hall–Kier alpha value is -0.570. The standard InChI is InChI=1S/C11H20N2O/c1-2-11(5-3-4-6-11)8-13-7-9(12)10(13)14/h9H,2-8,12H2,1H3. The molecule has 3 nitrogen and oxygen atoms in total. The largest absolute Gasteiger partial charge is 0.339 e. The summed E-state index contributed by atoms with van der Waals surface area (Å²) >= 11 is 0. The molecule has 1 aliphatic heterocycles. The number of carbonyl (C=O) groups is 1. The first-order valence-electron chi connectivity index (χ1n) is 5.71. The molecule has 1 saturated carbocycles. The Labute approximate surface area is 85.6 Å². The van der Waals surface area contributed by atoms with E-state index in [-0.39, 0.29) is 11.9 Å². The van der Waals surface area contributed by atoms with E-state index in [1.165, 1.54) is 32.1 Å². The Balaban J connectivity index is 1.92. The minimum absolute atomic E-state index is 0.157. The Morgan fingerprint density at radius 2 is 2.14 bits per heavy atom. The van der Waals surface area contributed by atoms with Gasteiger partial charge in [0.05, 0.1) is 0 Å². The van der Waals surface area contributed by atoms with Crippen LogP contribution in [0.3, 0.4) is 0 Å². The number of hydrogen-bond acceptors (Lipinski definition) is 2. The summed E-state index contributed by atoms with van der Waals surface area (Å²) in [7, 11) is 0. The molecular weight excluding hydrogens is 176 g/mol. The predicted molar refractivity (Wildman–Crippen MR) is 55.7 cm³/mol. The van der Waals surface area contributed by atoms with Gasteiger partial charge in [0.1, 0.15) is 6.04 Å². The van der Waals surface area contributed by atoms with Gasteiger partial charge in [0.15, 0.2) is 0 Å². The molecule has 1 amide bonds. The molecule has 0 aromatic rings. The van der Waals surface area contributed by atoms with Crippen molar-refractivity contribution in [2.75, 3.05) is 13.1 Å². The van der Waals surface area contributed by atoms with Crippen LogP contribution in [0.4, 0.5) is 0 Å². The second-order valence-electron chi connectivity index (χ2n) is 4.89. The van der Waals surface area contributed by atoms with Crippen molar-refractivity contribution in [1.29, 1.82) is 0 Å². The Bertz CT molecular complexity index is 233. The van der Waals surface area contributed by atoms with Crippen LogP contribution in [0.1, 0.15) is 39.0 Å².